The van der Waals surface area contributed by atoms with Crippen molar-refractivity contribution in [3.63, 3.8) is 0 Å². The Balaban J connectivity index is 1.91. The number of nitrogens with zero attached hydrogens (tertiary/aromatic N) is 2. The summed E-state index contributed by atoms with van der Waals surface area (Å²) < 4.78 is 18.9. The van der Waals surface area contributed by atoms with Crippen molar-refractivity contribution in [2.75, 3.05) is 39.9 Å². The van der Waals surface area contributed by atoms with Gasteiger partial charge in [-0.05, 0) is 19.2 Å². The molecule has 1 heterocycles. The van der Waals surface area contributed by atoms with Crippen LogP contribution in [0, 0.1) is 5.82 Å². The summed E-state index contributed by atoms with van der Waals surface area (Å²) in [7, 11) is 1.78. The molecule has 0 aromatic heterocycles. The molecule has 0 spiro atoms. The van der Waals surface area contributed by atoms with Gasteiger partial charge in [-0.15, -0.1) is 0 Å². The van der Waals surface area contributed by atoms with Gasteiger partial charge in [0.1, 0.15) is 5.82 Å². The number of hydrogen-bond acceptors (Lipinski definition) is 3. The summed E-state index contributed by atoms with van der Waals surface area (Å²) in [6, 6.07) is 4.59. The van der Waals surface area contributed by atoms with Crippen LogP contribution in [0.1, 0.15) is 5.56 Å². The molecule has 20 heavy (non-hydrogen) atoms. The Kier molecular flexibility index (Phi) is 5.34. The van der Waals surface area contributed by atoms with Crippen molar-refractivity contribution in [1.82, 2.24) is 9.80 Å². The number of halogens is 2. The Hall–Kier alpha value is -1.17. The van der Waals surface area contributed by atoms with Crippen LogP contribution in [-0.2, 0) is 16.1 Å². The smallest absolute Gasteiger partial charge is 0.236 e. The van der Waals surface area contributed by atoms with E-state index in [1.54, 1.807) is 29.0 Å². The average molecular weight is 301 g/mol. The molecule has 0 aliphatic carbocycles. The maximum atomic E-state index is 13.7. The highest BCUT2D eigenvalue weighted by molar-refractivity contribution is 6.31. The standard InChI is InChI=1S/C14H18ClFN2O2/c1-17(9-11-12(15)3-2-4-13(11)16)10-14(19)18-5-7-20-8-6-18/h2-4H,5-10H2,1H3. The van der Waals surface area contributed by atoms with E-state index in [1.165, 1.54) is 6.07 Å². The summed E-state index contributed by atoms with van der Waals surface area (Å²) >= 11 is 5.98. The van der Waals surface area contributed by atoms with E-state index in [2.05, 4.69) is 0 Å². The monoisotopic (exact) mass is 300 g/mol. The van der Waals surface area contributed by atoms with Gasteiger partial charge < -0.3 is 9.64 Å². The fourth-order valence-electron chi connectivity index (χ4n) is 2.15. The van der Waals surface area contributed by atoms with E-state index < -0.39 is 0 Å². The number of morpholine rings is 1. The van der Waals surface area contributed by atoms with Crippen molar-refractivity contribution >= 4 is 17.5 Å². The van der Waals surface area contributed by atoms with Crippen LogP contribution in [0.3, 0.4) is 0 Å². The molecular weight excluding hydrogens is 283 g/mol. The van der Waals surface area contributed by atoms with Crippen molar-refractivity contribution in [3.05, 3.63) is 34.6 Å². The van der Waals surface area contributed by atoms with E-state index in [-0.39, 0.29) is 18.3 Å². The third-order valence-electron chi connectivity index (χ3n) is 3.26. The third-order valence-corrected chi connectivity index (χ3v) is 3.61. The molecule has 1 amide bonds. The van der Waals surface area contributed by atoms with Gasteiger partial charge in [0.05, 0.1) is 19.8 Å². The minimum atomic E-state index is -0.344. The molecule has 1 aliphatic rings. The molecule has 0 atom stereocenters. The Morgan fingerprint density at radius 3 is 2.80 bits per heavy atom. The fourth-order valence-corrected chi connectivity index (χ4v) is 2.38. The zero-order valence-corrected chi connectivity index (χ0v) is 12.2. The lowest BCUT2D eigenvalue weighted by molar-refractivity contribution is -0.136. The highest BCUT2D eigenvalue weighted by atomic mass is 35.5. The Labute approximate surface area is 123 Å². The minimum Gasteiger partial charge on any atom is -0.378 e. The number of hydrogen-bond donors (Lipinski definition) is 0. The number of amides is 1. The lowest BCUT2D eigenvalue weighted by atomic mass is 10.2. The molecule has 1 aromatic rings. The lowest BCUT2D eigenvalue weighted by Crippen LogP contribution is -2.45. The first-order valence-corrected chi connectivity index (χ1v) is 6.92. The van der Waals surface area contributed by atoms with E-state index in [0.29, 0.717) is 43.4 Å². The first-order chi connectivity index (χ1) is 9.58. The molecule has 6 heteroatoms. The van der Waals surface area contributed by atoms with Crippen LogP contribution < -0.4 is 0 Å². The fraction of sp³-hybridized carbons (Fsp3) is 0.500. The number of ether oxygens (including phenoxy) is 1. The molecule has 0 N–H and O–H groups in total. The summed E-state index contributed by atoms with van der Waals surface area (Å²) in [5, 5.41) is 0.385. The molecule has 2 rings (SSSR count). The lowest BCUT2D eigenvalue weighted by Gasteiger charge is -2.28. The SMILES string of the molecule is CN(CC(=O)N1CCOCC1)Cc1c(F)cccc1Cl. The third kappa shape index (κ3) is 3.91. The molecule has 4 nitrogen and oxygen atoms in total. The average Bonchev–Trinajstić information content (AvgIpc) is 2.44. The number of likely N-dealkylation sites (N-methyl/N-ethyl adjacent to an activating group) is 1. The van der Waals surface area contributed by atoms with Gasteiger partial charge in [0.15, 0.2) is 0 Å². The van der Waals surface area contributed by atoms with Gasteiger partial charge in [-0.25, -0.2) is 4.39 Å². The number of benzene rings is 1. The van der Waals surface area contributed by atoms with Gasteiger partial charge in [0, 0.05) is 30.2 Å². The van der Waals surface area contributed by atoms with Gasteiger partial charge in [-0.1, -0.05) is 17.7 Å². The van der Waals surface area contributed by atoms with E-state index in [9.17, 15) is 9.18 Å². The second-order valence-electron chi connectivity index (χ2n) is 4.87. The maximum Gasteiger partial charge on any atom is 0.236 e. The van der Waals surface area contributed by atoms with Crippen molar-refractivity contribution in [1.29, 1.82) is 0 Å². The molecule has 1 aliphatic heterocycles. The molecule has 0 saturated carbocycles. The number of carbonyl (C=O) groups is 1. The maximum absolute atomic E-state index is 13.7. The van der Waals surface area contributed by atoms with Crippen LogP contribution in [-0.4, -0.2) is 55.6 Å². The van der Waals surface area contributed by atoms with Gasteiger partial charge in [-0.3, -0.25) is 9.69 Å². The topological polar surface area (TPSA) is 32.8 Å². The van der Waals surface area contributed by atoms with Crippen molar-refractivity contribution in [2.24, 2.45) is 0 Å². The second-order valence-corrected chi connectivity index (χ2v) is 5.27. The Morgan fingerprint density at radius 2 is 2.15 bits per heavy atom. The van der Waals surface area contributed by atoms with Crippen LogP contribution in [0.2, 0.25) is 5.02 Å². The normalized spacial score (nSPS) is 15.7. The van der Waals surface area contributed by atoms with Crippen LogP contribution in [0.25, 0.3) is 0 Å². The van der Waals surface area contributed by atoms with E-state index >= 15 is 0 Å². The number of carbonyl (C=O) groups excluding carboxylic acids is 1. The van der Waals surface area contributed by atoms with Gasteiger partial charge in [-0.2, -0.15) is 0 Å². The highest BCUT2D eigenvalue weighted by Gasteiger charge is 2.19. The molecule has 0 radical (unpaired) electrons. The molecule has 110 valence electrons. The van der Waals surface area contributed by atoms with Crippen molar-refractivity contribution in [3.8, 4) is 0 Å². The van der Waals surface area contributed by atoms with Crippen molar-refractivity contribution in [2.45, 2.75) is 6.54 Å². The summed E-state index contributed by atoms with van der Waals surface area (Å²) in [6.45, 7) is 2.94. The van der Waals surface area contributed by atoms with Crippen LogP contribution in [0.5, 0.6) is 0 Å². The first-order valence-electron chi connectivity index (χ1n) is 6.55. The predicted octanol–water partition coefficient (Wildman–Crippen LogP) is 1.77. The highest BCUT2D eigenvalue weighted by Crippen LogP contribution is 2.20. The Morgan fingerprint density at radius 1 is 1.45 bits per heavy atom. The molecule has 1 fully saturated rings. The predicted molar refractivity (Wildman–Crippen MR) is 75.1 cm³/mol. The Bertz CT molecular complexity index is 458. The molecular formula is C14H18ClFN2O2. The van der Waals surface area contributed by atoms with Gasteiger partial charge in [0.2, 0.25) is 5.91 Å². The van der Waals surface area contributed by atoms with Gasteiger partial charge in [0.25, 0.3) is 0 Å². The minimum absolute atomic E-state index is 0.0308. The van der Waals surface area contributed by atoms with Gasteiger partial charge >= 0.3 is 0 Å². The van der Waals surface area contributed by atoms with E-state index in [1.807, 2.05) is 0 Å². The quantitative estimate of drug-likeness (QED) is 0.849. The summed E-state index contributed by atoms with van der Waals surface area (Å²) in [6.07, 6.45) is 0. The molecule has 1 aromatic carbocycles. The molecule has 0 bridgehead atoms. The van der Waals surface area contributed by atoms with Crippen LogP contribution in [0.15, 0.2) is 18.2 Å². The largest absolute Gasteiger partial charge is 0.378 e. The summed E-state index contributed by atoms with van der Waals surface area (Å²) in [5.74, 6) is -0.313. The van der Waals surface area contributed by atoms with E-state index in [4.69, 9.17) is 16.3 Å². The van der Waals surface area contributed by atoms with Crippen molar-refractivity contribution < 1.29 is 13.9 Å². The summed E-state index contributed by atoms with van der Waals surface area (Å²) in [4.78, 5) is 15.6. The number of rotatable bonds is 4. The first kappa shape index (κ1) is 15.2. The summed E-state index contributed by atoms with van der Waals surface area (Å²) in [5.41, 5.74) is 0.423. The molecule has 1 saturated heterocycles. The zero-order chi connectivity index (χ0) is 14.5. The zero-order valence-electron chi connectivity index (χ0n) is 11.4. The van der Waals surface area contributed by atoms with E-state index in [0.717, 1.165) is 0 Å². The van der Waals surface area contributed by atoms with Crippen LogP contribution in [0.4, 0.5) is 4.39 Å². The molecule has 0 unspecified atom stereocenters. The van der Waals surface area contributed by atoms with Crippen LogP contribution >= 0.6 is 11.6 Å². The second kappa shape index (κ2) is 7.02.